The quantitative estimate of drug-likeness (QED) is 0.00726. The van der Waals surface area contributed by atoms with Crippen LogP contribution in [0.2, 0.25) is 5.02 Å². The fourth-order valence-electron chi connectivity index (χ4n) is 12.0. The standard InChI is InChI=1S/C70H101ClN8O11S/c1-46-47(2)60(48(3)59-53(46)45-69(10,11)87-59)91(85,86)79-64(73)74-44-28-37-58(78-62(81)57(36-25-27-43-76-66(84)90-68(7,8)9)77-61(80)56(72)35-24-26-42-75-65(83)89-67(4,5)6)63(82)88-70(51-31-20-17-21-32-51,54-33-22-23-34-55(54)71)52-40-38-50(39-41-52)49-29-18-15-13-12-14-16-19-30-49/h17,20-23,31-34,38-41,49,56-58H,12-16,18-19,24-30,35-37,42-45,72H2,1-11H3,(H,75,83)(H,76,84)(H,77,80)(H,78,81)(H3,73,74,79)/t56?,57-,58-,70?/m0/s1. The van der Waals surface area contributed by atoms with Crippen molar-refractivity contribution >= 4 is 57.6 Å². The minimum Gasteiger partial charge on any atom is -0.487 e. The van der Waals surface area contributed by atoms with E-state index in [4.69, 9.17) is 41.7 Å². The van der Waals surface area contributed by atoms with Crippen molar-refractivity contribution in [3.05, 3.63) is 128 Å². The SMILES string of the molecule is Cc1c(C)c(S(=O)(=O)NC(=N)NCCC[C@H](NC(=O)[C@H](CCCCNC(=O)OC(C)(C)C)NC(=O)C(N)CCCCNC(=O)OC(C)(C)C)C(=O)OC(c2ccccc2)(c2ccc(C3CCCCCCCCC3)cc2)c2ccccc2Cl)c(C)c2c1CC(C)(C)O2. The molecular formula is C70H101ClN8O11S. The third-order valence-corrected chi connectivity index (χ3v) is 18.6. The van der Waals surface area contributed by atoms with Crippen molar-refractivity contribution in [3.8, 4) is 5.75 Å². The van der Waals surface area contributed by atoms with Crippen LogP contribution >= 0.6 is 11.6 Å². The number of alkyl carbamates (subject to hydrolysis) is 2. The van der Waals surface area contributed by atoms with Crippen LogP contribution in [0.25, 0.3) is 0 Å². The molecule has 21 heteroatoms. The number of nitrogens with two attached hydrogens (primary N) is 1. The van der Waals surface area contributed by atoms with Gasteiger partial charge in [0.1, 0.15) is 34.6 Å². The number of hydrogen-bond acceptors (Lipinski definition) is 13. The maximum atomic E-state index is 15.7. The first-order chi connectivity index (χ1) is 42.9. The van der Waals surface area contributed by atoms with E-state index in [2.05, 4.69) is 43.4 Å². The number of sulfonamides is 1. The normalized spacial score (nSPS) is 16.2. The molecule has 19 nitrogen and oxygen atoms in total. The molecule has 1 saturated carbocycles. The molecule has 0 aromatic heterocycles. The molecule has 4 aromatic carbocycles. The predicted molar refractivity (Wildman–Crippen MR) is 357 cm³/mol. The van der Waals surface area contributed by atoms with Gasteiger partial charge in [0.15, 0.2) is 5.60 Å². The Morgan fingerprint density at radius 2 is 1.15 bits per heavy atom. The molecular weight excluding hydrogens is 1200 g/mol. The van der Waals surface area contributed by atoms with E-state index in [0.29, 0.717) is 76.6 Å². The van der Waals surface area contributed by atoms with Gasteiger partial charge < -0.3 is 51.3 Å². The molecule has 500 valence electrons. The maximum Gasteiger partial charge on any atom is 0.407 e. The zero-order chi connectivity index (χ0) is 66.7. The van der Waals surface area contributed by atoms with Crippen LogP contribution in [-0.2, 0) is 50.6 Å². The van der Waals surface area contributed by atoms with E-state index in [9.17, 15) is 22.8 Å². The van der Waals surface area contributed by atoms with E-state index in [1.165, 1.54) is 37.7 Å². The van der Waals surface area contributed by atoms with Gasteiger partial charge in [0.25, 0.3) is 10.0 Å². The van der Waals surface area contributed by atoms with E-state index >= 15 is 9.59 Å². The Kier molecular flexibility index (Phi) is 26.6. The average molecular weight is 1300 g/mol. The highest BCUT2D eigenvalue weighted by Gasteiger charge is 2.44. The molecule has 2 unspecified atom stereocenters. The van der Waals surface area contributed by atoms with Crippen LogP contribution in [0.3, 0.4) is 0 Å². The van der Waals surface area contributed by atoms with Crippen molar-refractivity contribution < 1.29 is 51.3 Å². The Balaban J connectivity index is 1.32. The Labute approximate surface area is 545 Å². The molecule has 0 radical (unpaired) electrons. The van der Waals surface area contributed by atoms with Crippen molar-refractivity contribution in [3.63, 3.8) is 0 Å². The average Bonchev–Trinajstić information content (AvgIpc) is 1.76. The van der Waals surface area contributed by atoms with Gasteiger partial charge >= 0.3 is 18.2 Å². The second-order valence-electron chi connectivity index (χ2n) is 27.0. The van der Waals surface area contributed by atoms with Crippen molar-refractivity contribution in [2.75, 3.05) is 19.6 Å². The van der Waals surface area contributed by atoms with Gasteiger partial charge in [-0.1, -0.05) is 129 Å². The second kappa shape index (κ2) is 33.1. The molecule has 1 aliphatic carbocycles. The molecule has 1 aliphatic heterocycles. The van der Waals surface area contributed by atoms with E-state index in [-0.39, 0.29) is 50.2 Å². The van der Waals surface area contributed by atoms with Gasteiger partial charge in [-0.15, -0.1) is 0 Å². The molecule has 4 atom stereocenters. The van der Waals surface area contributed by atoms with Crippen molar-refractivity contribution in [2.45, 2.75) is 243 Å². The number of rotatable bonds is 26. The molecule has 4 amide bonds. The Hall–Kier alpha value is -6.90. The van der Waals surface area contributed by atoms with Gasteiger partial charge in [-0.25, -0.2) is 27.5 Å². The van der Waals surface area contributed by atoms with Crippen LogP contribution in [0.5, 0.6) is 5.75 Å². The lowest BCUT2D eigenvalue weighted by Gasteiger charge is -2.37. The van der Waals surface area contributed by atoms with Crippen molar-refractivity contribution in [1.82, 2.24) is 31.3 Å². The van der Waals surface area contributed by atoms with Crippen LogP contribution in [-0.4, -0.2) is 98.9 Å². The van der Waals surface area contributed by atoms with Crippen molar-refractivity contribution in [2.24, 2.45) is 5.73 Å². The number of hydrogen-bond donors (Lipinski definition) is 8. The number of halogens is 1. The third-order valence-electron chi connectivity index (χ3n) is 16.6. The highest BCUT2D eigenvalue weighted by Crippen LogP contribution is 2.46. The molecule has 0 spiro atoms. The number of esters is 1. The van der Waals surface area contributed by atoms with Gasteiger partial charge in [0.2, 0.25) is 17.8 Å². The molecule has 2 aliphatic rings. The maximum absolute atomic E-state index is 15.7. The number of guanidine groups is 1. The van der Waals surface area contributed by atoms with E-state index in [1.54, 1.807) is 67.5 Å². The number of carbonyl (C=O) groups is 5. The van der Waals surface area contributed by atoms with Gasteiger partial charge in [-0.05, 0) is 169 Å². The minimum atomic E-state index is -4.32. The van der Waals surface area contributed by atoms with Gasteiger partial charge in [0, 0.05) is 58.9 Å². The third kappa shape index (κ3) is 21.6. The van der Waals surface area contributed by atoms with Crippen LogP contribution in [0.1, 0.15) is 215 Å². The Bertz CT molecular complexity index is 3230. The van der Waals surface area contributed by atoms with Gasteiger partial charge in [-0.3, -0.25) is 15.0 Å². The van der Waals surface area contributed by atoms with Crippen LogP contribution in [0.15, 0.2) is 83.8 Å². The lowest BCUT2D eigenvalue weighted by molar-refractivity contribution is -0.157. The summed E-state index contributed by atoms with van der Waals surface area (Å²) in [4.78, 5) is 69.6. The van der Waals surface area contributed by atoms with Crippen LogP contribution in [0, 0.1) is 26.2 Å². The molecule has 1 fully saturated rings. The summed E-state index contributed by atoms with van der Waals surface area (Å²) in [6.45, 7) is 20.2. The zero-order valence-corrected chi connectivity index (χ0v) is 57.1. The summed E-state index contributed by atoms with van der Waals surface area (Å²) in [5.41, 5.74) is 8.45. The van der Waals surface area contributed by atoms with Gasteiger partial charge in [0.05, 0.1) is 10.9 Å². The predicted octanol–water partition coefficient (Wildman–Crippen LogP) is 12.4. The number of benzene rings is 4. The summed E-state index contributed by atoms with van der Waals surface area (Å²) in [6.07, 6.45) is 11.9. The highest BCUT2D eigenvalue weighted by molar-refractivity contribution is 7.90. The Morgan fingerprint density at radius 1 is 0.637 bits per heavy atom. The first-order valence-electron chi connectivity index (χ1n) is 32.5. The fraction of sp³-hybridized carbons (Fsp3) is 0.571. The first-order valence-corrected chi connectivity index (χ1v) is 34.4. The zero-order valence-electron chi connectivity index (χ0n) is 55.5. The summed E-state index contributed by atoms with van der Waals surface area (Å²) in [5.74, 6) is -1.84. The summed E-state index contributed by atoms with van der Waals surface area (Å²) >= 11 is 7.21. The number of ether oxygens (including phenoxy) is 4. The number of carbonyl (C=O) groups excluding carboxylic acids is 5. The number of unbranched alkanes of at least 4 members (excludes halogenated alkanes) is 2. The van der Waals surface area contributed by atoms with Crippen LogP contribution in [0.4, 0.5) is 9.59 Å². The summed E-state index contributed by atoms with van der Waals surface area (Å²) in [6, 6.07) is 20.9. The summed E-state index contributed by atoms with van der Waals surface area (Å²) in [5, 5.41) is 23.2. The molecule has 6 rings (SSSR count). The summed E-state index contributed by atoms with van der Waals surface area (Å²) in [7, 11) is -4.32. The minimum absolute atomic E-state index is 0.0219. The molecule has 0 bridgehead atoms. The van der Waals surface area contributed by atoms with E-state index in [1.807, 2.05) is 75.4 Å². The number of nitrogens with one attached hydrogen (secondary N) is 7. The highest BCUT2D eigenvalue weighted by atomic mass is 35.5. The lowest BCUT2D eigenvalue weighted by atomic mass is 9.78. The number of fused-ring (bicyclic) bond motifs is 1. The van der Waals surface area contributed by atoms with E-state index in [0.717, 1.165) is 36.8 Å². The monoisotopic (exact) mass is 1300 g/mol. The molecule has 1 heterocycles. The lowest BCUT2D eigenvalue weighted by Crippen LogP contribution is -2.55. The fourth-order valence-corrected chi connectivity index (χ4v) is 13.8. The van der Waals surface area contributed by atoms with Gasteiger partial charge in [-0.2, -0.15) is 0 Å². The molecule has 0 saturated heterocycles. The first kappa shape index (κ1) is 73.2. The molecule has 91 heavy (non-hydrogen) atoms. The smallest absolute Gasteiger partial charge is 0.407 e. The molecule has 9 N–H and O–H groups in total. The van der Waals surface area contributed by atoms with Crippen LogP contribution < -0.4 is 41.8 Å². The van der Waals surface area contributed by atoms with E-state index < -0.39 is 86.5 Å². The largest absolute Gasteiger partial charge is 0.487 e. The second-order valence-corrected chi connectivity index (χ2v) is 29.0. The topological polar surface area (TPSA) is 278 Å². The Morgan fingerprint density at radius 3 is 1.74 bits per heavy atom. The summed E-state index contributed by atoms with van der Waals surface area (Å²) < 4.78 is 54.8. The van der Waals surface area contributed by atoms with Crippen molar-refractivity contribution in [1.29, 1.82) is 5.41 Å². The molecule has 4 aromatic rings. The number of amides is 4.